The summed E-state index contributed by atoms with van der Waals surface area (Å²) in [6, 6.07) is 13.1. The number of nitrogens with zero attached hydrogens (tertiary/aromatic N) is 1. The SMILES string of the molecule is C=C(C)C[C@@H](NC(=O)[C@H](Cc1ccccc1)NC(=O)C(F)(F)F)C(=O)N(C)[C@H](CC(C)C)C(=O)Nc1ccccc1. The quantitative estimate of drug-likeness (QED) is 0.311. The number of alkyl halides is 3. The molecule has 11 heteroatoms. The maximum absolute atomic E-state index is 13.7. The minimum absolute atomic E-state index is 0.0267. The van der Waals surface area contributed by atoms with E-state index in [1.807, 2.05) is 13.8 Å². The topological polar surface area (TPSA) is 108 Å². The molecule has 0 radical (unpaired) electrons. The van der Waals surface area contributed by atoms with E-state index in [-0.39, 0.29) is 18.8 Å². The summed E-state index contributed by atoms with van der Waals surface area (Å²) in [6.45, 7) is 9.22. The van der Waals surface area contributed by atoms with E-state index >= 15 is 0 Å². The van der Waals surface area contributed by atoms with Crippen molar-refractivity contribution in [3.63, 3.8) is 0 Å². The molecule has 0 saturated carbocycles. The number of likely N-dealkylation sites (N-methyl/N-ethyl adjacent to an activating group) is 1. The number of hydrogen-bond acceptors (Lipinski definition) is 4. The Morgan fingerprint density at radius 2 is 1.44 bits per heavy atom. The van der Waals surface area contributed by atoms with Gasteiger partial charge in [-0.3, -0.25) is 19.2 Å². The van der Waals surface area contributed by atoms with Crippen LogP contribution < -0.4 is 16.0 Å². The predicted molar refractivity (Wildman–Crippen MR) is 151 cm³/mol. The molecule has 2 aromatic carbocycles. The molecule has 0 heterocycles. The van der Waals surface area contributed by atoms with Crippen molar-refractivity contribution < 1.29 is 32.3 Å². The second-order valence-corrected chi connectivity index (χ2v) is 10.4. The van der Waals surface area contributed by atoms with E-state index in [4.69, 9.17) is 0 Å². The number of rotatable bonds is 13. The lowest BCUT2D eigenvalue weighted by Gasteiger charge is -2.32. The van der Waals surface area contributed by atoms with Crippen LogP contribution in [0.4, 0.5) is 18.9 Å². The van der Waals surface area contributed by atoms with Gasteiger partial charge in [0.2, 0.25) is 17.7 Å². The Morgan fingerprint density at radius 1 is 0.878 bits per heavy atom. The third-order valence-electron chi connectivity index (χ3n) is 6.18. The molecule has 3 N–H and O–H groups in total. The van der Waals surface area contributed by atoms with Gasteiger partial charge >= 0.3 is 12.1 Å². The van der Waals surface area contributed by atoms with Crippen molar-refractivity contribution in [2.75, 3.05) is 12.4 Å². The number of halogens is 3. The molecule has 0 aliphatic heterocycles. The number of anilines is 1. The van der Waals surface area contributed by atoms with Crippen molar-refractivity contribution in [3.05, 3.63) is 78.4 Å². The van der Waals surface area contributed by atoms with E-state index in [1.165, 1.54) is 11.9 Å². The monoisotopic (exact) mass is 574 g/mol. The molecular weight excluding hydrogens is 537 g/mol. The zero-order chi connectivity index (χ0) is 30.7. The fraction of sp³-hybridized carbons (Fsp3) is 0.400. The smallest absolute Gasteiger partial charge is 0.342 e. The summed E-state index contributed by atoms with van der Waals surface area (Å²) >= 11 is 0. The first-order valence-electron chi connectivity index (χ1n) is 13.2. The summed E-state index contributed by atoms with van der Waals surface area (Å²) in [4.78, 5) is 53.2. The van der Waals surface area contributed by atoms with Crippen LogP contribution in [0, 0.1) is 5.92 Å². The Hall–Kier alpha value is -4.15. The summed E-state index contributed by atoms with van der Waals surface area (Å²) in [5, 5.41) is 7.03. The highest BCUT2D eigenvalue weighted by Crippen LogP contribution is 2.18. The van der Waals surface area contributed by atoms with Crippen molar-refractivity contribution in [1.29, 1.82) is 0 Å². The van der Waals surface area contributed by atoms with Crippen LogP contribution in [0.15, 0.2) is 72.8 Å². The molecule has 2 rings (SSSR count). The van der Waals surface area contributed by atoms with Crippen molar-refractivity contribution in [1.82, 2.24) is 15.5 Å². The van der Waals surface area contributed by atoms with Gasteiger partial charge in [-0.05, 0) is 43.4 Å². The average Bonchev–Trinajstić information content (AvgIpc) is 2.90. The van der Waals surface area contributed by atoms with Crippen molar-refractivity contribution in [3.8, 4) is 0 Å². The van der Waals surface area contributed by atoms with Gasteiger partial charge in [-0.15, -0.1) is 6.58 Å². The van der Waals surface area contributed by atoms with E-state index in [2.05, 4.69) is 17.2 Å². The molecular formula is C30H37F3N4O4. The van der Waals surface area contributed by atoms with E-state index < -0.39 is 47.9 Å². The number of carbonyl (C=O) groups excluding carboxylic acids is 4. The van der Waals surface area contributed by atoms with Crippen molar-refractivity contribution in [2.24, 2.45) is 5.92 Å². The van der Waals surface area contributed by atoms with Crippen molar-refractivity contribution in [2.45, 2.75) is 64.3 Å². The molecule has 0 bridgehead atoms. The zero-order valence-electron chi connectivity index (χ0n) is 23.6. The Kier molecular flexibility index (Phi) is 12.1. The minimum Gasteiger partial charge on any atom is -0.342 e. The van der Waals surface area contributed by atoms with Crippen LogP contribution >= 0.6 is 0 Å². The van der Waals surface area contributed by atoms with Crippen LogP contribution in [0.5, 0.6) is 0 Å². The molecule has 4 amide bonds. The third-order valence-corrected chi connectivity index (χ3v) is 6.18. The molecule has 0 unspecified atom stereocenters. The summed E-state index contributed by atoms with van der Waals surface area (Å²) in [6.07, 6.45) is -5.17. The number of carbonyl (C=O) groups is 4. The van der Waals surface area contributed by atoms with E-state index in [1.54, 1.807) is 72.9 Å². The predicted octanol–water partition coefficient (Wildman–Crippen LogP) is 4.24. The van der Waals surface area contributed by atoms with E-state index in [0.29, 0.717) is 23.2 Å². The van der Waals surface area contributed by atoms with Crippen LogP contribution in [-0.2, 0) is 25.6 Å². The van der Waals surface area contributed by atoms with Gasteiger partial charge in [0, 0.05) is 19.2 Å². The first-order valence-corrected chi connectivity index (χ1v) is 13.2. The van der Waals surface area contributed by atoms with Crippen LogP contribution in [0.2, 0.25) is 0 Å². The first kappa shape index (κ1) is 33.1. The van der Waals surface area contributed by atoms with Gasteiger partial charge in [-0.25, -0.2) is 0 Å². The van der Waals surface area contributed by atoms with Crippen LogP contribution in [-0.4, -0.2) is 59.9 Å². The molecule has 2 aromatic rings. The lowest BCUT2D eigenvalue weighted by molar-refractivity contribution is -0.174. The molecule has 222 valence electrons. The molecule has 3 atom stereocenters. The average molecular weight is 575 g/mol. The molecule has 0 fully saturated rings. The molecule has 0 aliphatic rings. The first-order chi connectivity index (χ1) is 19.2. The Balaban J connectivity index is 2.31. The second-order valence-electron chi connectivity index (χ2n) is 10.4. The highest BCUT2D eigenvalue weighted by Gasteiger charge is 2.41. The van der Waals surface area contributed by atoms with Crippen LogP contribution in [0.1, 0.15) is 39.2 Å². The van der Waals surface area contributed by atoms with Gasteiger partial charge in [-0.1, -0.05) is 68.0 Å². The Morgan fingerprint density at radius 3 is 1.95 bits per heavy atom. The van der Waals surface area contributed by atoms with Gasteiger partial charge in [0.05, 0.1) is 0 Å². The molecule has 41 heavy (non-hydrogen) atoms. The lowest BCUT2D eigenvalue weighted by Crippen LogP contribution is -2.58. The highest BCUT2D eigenvalue weighted by atomic mass is 19.4. The number of benzene rings is 2. The molecule has 0 saturated heterocycles. The van der Waals surface area contributed by atoms with Gasteiger partial charge in [-0.2, -0.15) is 13.2 Å². The van der Waals surface area contributed by atoms with Gasteiger partial charge in [0.1, 0.15) is 18.1 Å². The normalized spacial score (nSPS) is 13.5. The largest absolute Gasteiger partial charge is 0.471 e. The third kappa shape index (κ3) is 10.7. The molecule has 0 aliphatic carbocycles. The van der Waals surface area contributed by atoms with E-state index in [9.17, 15) is 32.3 Å². The summed E-state index contributed by atoms with van der Waals surface area (Å²) in [5.74, 6) is -4.29. The maximum atomic E-state index is 13.7. The Bertz CT molecular complexity index is 1200. The van der Waals surface area contributed by atoms with Gasteiger partial charge in [0.25, 0.3) is 0 Å². The van der Waals surface area contributed by atoms with Crippen molar-refractivity contribution >= 4 is 29.3 Å². The second kappa shape index (κ2) is 15.0. The van der Waals surface area contributed by atoms with Crippen LogP contribution in [0.25, 0.3) is 0 Å². The lowest BCUT2D eigenvalue weighted by atomic mass is 9.99. The van der Waals surface area contributed by atoms with Crippen LogP contribution in [0.3, 0.4) is 0 Å². The number of nitrogens with one attached hydrogen (secondary N) is 3. The number of para-hydroxylation sites is 1. The zero-order valence-corrected chi connectivity index (χ0v) is 23.6. The Labute approximate surface area is 238 Å². The fourth-order valence-electron chi connectivity index (χ4n) is 4.15. The van der Waals surface area contributed by atoms with Gasteiger partial charge < -0.3 is 20.9 Å². The molecule has 8 nitrogen and oxygen atoms in total. The van der Waals surface area contributed by atoms with Gasteiger partial charge in [0.15, 0.2) is 0 Å². The minimum atomic E-state index is -5.21. The summed E-state index contributed by atoms with van der Waals surface area (Å²) < 4.78 is 39.2. The van der Waals surface area contributed by atoms with E-state index in [0.717, 1.165) is 0 Å². The standard InChI is InChI=1S/C30H37F3N4O4/c1-19(2)16-24(28(40)37(5)25(17-20(3)4)27(39)34-22-14-10-7-11-15-22)35-26(38)23(36-29(41)30(31,32)33)18-21-12-8-6-9-13-21/h6-15,20,23-25H,1,16-18H2,2-5H3,(H,34,39)(H,35,38)(H,36,41)/t23-,24+,25+/m0/s1. The molecule has 0 aromatic heterocycles. The molecule has 0 spiro atoms. The highest BCUT2D eigenvalue weighted by molar-refractivity contribution is 5.99. The maximum Gasteiger partial charge on any atom is 0.471 e. The summed E-state index contributed by atoms with van der Waals surface area (Å²) in [7, 11) is 1.43. The fourth-order valence-corrected chi connectivity index (χ4v) is 4.15. The number of amides is 4. The number of hydrogen-bond donors (Lipinski definition) is 3. The summed E-state index contributed by atoms with van der Waals surface area (Å²) in [5.41, 5.74) is 1.57.